The normalized spacial score (nSPS) is 10.2. The molecule has 2 N–H and O–H groups in total. The second-order valence-electron chi connectivity index (χ2n) is 4.49. The van der Waals surface area contributed by atoms with Gasteiger partial charge < -0.3 is 10.5 Å². The average Bonchev–Trinajstić information content (AvgIpc) is 2.39. The second-order valence-corrected chi connectivity index (χ2v) is 4.49. The van der Waals surface area contributed by atoms with Crippen LogP contribution in [0.3, 0.4) is 0 Å². The summed E-state index contributed by atoms with van der Waals surface area (Å²) in [5.41, 5.74) is 8.87. The van der Waals surface area contributed by atoms with Gasteiger partial charge in [-0.05, 0) is 36.8 Å². The van der Waals surface area contributed by atoms with Gasteiger partial charge in [-0.15, -0.1) is 0 Å². The number of carbonyl (C=O) groups is 1. The molecule has 0 heterocycles. The fourth-order valence-electron chi connectivity index (χ4n) is 2.12. The van der Waals surface area contributed by atoms with Crippen LogP contribution in [0.4, 0.5) is 5.69 Å². The van der Waals surface area contributed by atoms with Crippen LogP contribution in [-0.4, -0.2) is 12.9 Å². The first-order chi connectivity index (χ1) is 9.11. The Morgan fingerprint density at radius 1 is 1.21 bits per heavy atom. The van der Waals surface area contributed by atoms with Crippen LogP contribution in [0.15, 0.2) is 42.5 Å². The Hall–Kier alpha value is -2.29. The van der Waals surface area contributed by atoms with Crippen LogP contribution in [0, 0.1) is 6.92 Å². The molecule has 0 saturated heterocycles. The van der Waals surface area contributed by atoms with Gasteiger partial charge in [-0.25, -0.2) is 0 Å². The summed E-state index contributed by atoms with van der Waals surface area (Å²) in [7, 11) is 1.61. The number of carbonyl (C=O) groups excluding carboxylic acids is 1. The third kappa shape index (κ3) is 2.94. The molecule has 0 aliphatic carbocycles. The van der Waals surface area contributed by atoms with Crippen molar-refractivity contribution >= 4 is 11.5 Å². The van der Waals surface area contributed by atoms with Crippen molar-refractivity contribution in [1.82, 2.24) is 0 Å². The molecule has 3 nitrogen and oxygen atoms in total. The van der Waals surface area contributed by atoms with E-state index in [-0.39, 0.29) is 5.78 Å². The lowest BCUT2D eigenvalue weighted by molar-refractivity contribution is 0.0991. The number of para-hydroxylation sites is 1. The maximum absolute atomic E-state index is 12.3. The average molecular weight is 255 g/mol. The first-order valence-electron chi connectivity index (χ1n) is 6.13. The van der Waals surface area contributed by atoms with Gasteiger partial charge >= 0.3 is 0 Å². The van der Waals surface area contributed by atoms with Crippen LogP contribution < -0.4 is 10.5 Å². The van der Waals surface area contributed by atoms with Crippen LogP contribution in [0.1, 0.15) is 21.5 Å². The highest BCUT2D eigenvalue weighted by Crippen LogP contribution is 2.21. The molecule has 0 spiro atoms. The van der Waals surface area contributed by atoms with Gasteiger partial charge in [0.25, 0.3) is 0 Å². The first kappa shape index (κ1) is 13.1. The van der Waals surface area contributed by atoms with Gasteiger partial charge in [0.1, 0.15) is 5.75 Å². The molecule has 19 heavy (non-hydrogen) atoms. The molecule has 0 aliphatic heterocycles. The van der Waals surface area contributed by atoms with Crippen molar-refractivity contribution in [1.29, 1.82) is 0 Å². The minimum atomic E-state index is 0.0713. The molecule has 98 valence electrons. The topological polar surface area (TPSA) is 52.3 Å². The number of ketones is 1. The smallest absolute Gasteiger partial charge is 0.167 e. The minimum absolute atomic E-state index is 0.0713. The maximum Gasteiger partial charge on any atom is 0.167 e. The van der Waals surface area contributed by atoms with Gasteiger partial charge in [-0.3, -0.25) is 4.79 Å². The molecular weight excluding hydrogens is 238 g/mol. The third-order valence-corrected chi connectivity index (χ3v) is 3.09. The highest BCUT2D eigenvalue weighted by Gasteiger charge is 2.12. The largest absolute Gasteiger partial charge is 0.496 e. The first-order valence-corrected chi connectivity index (χ1v) is 6.13. The predicted octanol–water partition coefficient (Wildman–Crippen LogP) is 3.01. The number of nitrogens with two attached hydrogens (primary N) is 1. The highest BCUT2D eigenvalue weighted by atomic mass is 16.5. The van der Waals surface area contributed by atoms with E-state index in [1.54, 1.807) is 19.2 Å². The summed E-state index contributed by atoms with van der Waals surface area (Å²) in [6, 6.07) is 12.9. The van der Waals surface area contributed by atoms with Gasteiger partial charge in [0.2, 0.25) is 0 Å². The lowest BCUT2D eigenvalue weighted by atomic mass is 9.98. The lowest BCUT2D eigenvalue weighted by Crippen LogP contribution is -2.07. The van der Waals surface area contributed by atoms with E-state index >= 15 is 0 Å². The molecule has 0 saturated carbocycles. The molecule has 0 unspecified atom stereocenters. The summed E-state index contributed by atoms with van der Waals surface area (Å²) < 4.78 is 5.26. The quantitative estimate of drug-likeness (QED) is 0.675. The SMILES string of the molecule is COc1ccccc1CC(=O)c1ccc(N)cc1C. The minimum Gasteiger partial charge on any atom is -0.496 e. The molecular formula is C16H17NO2. The number of nitrogen functional groups attached to an aromatic ring is 1. The number of Topliss-reactive ketones (excluding diaryl/α,β-unsaturated/α-hetero) is 1. The lowest BCUT2D eigenvalue weighted by Gasteiger charge is -2.09. The Morgan fingerprint density at radius 3 is 2.63 bits per heavy atom. The Balaban J connectivity index is 2.26. The van der Waals surface area contributed by atoms with Crippen LogP contribution in [0.2, 0.25) is 0 Å². The highest BCUT2D eigenvalue weighted by molar-refractivity contribution is 5.99. The monoisotopic (exact) mass is 255 g/mol. The number of rotatable bonds is 4. The molecule has 0 aromatic heterocycles. The Bertz CT molecular complexity index is 605. The summed E-state index contributed by atoms with van der Waals surface area (Å²) in [5, 5.41) is 0. The fraction of sp³-hybridized carbons (Fsp3) is 0.188. The summed E-state index contributed by atoms with van der Waals surface area (Å²) in [6.45, 7) is 1.89. The van der Waals surface area contributed by atoms with E-state index in [1.807, 2.05) is 37.3 Å². The Labute approximate surface area is 113 Å². The molecule has 2 rings (SSSR count). The molecule has 3 heteroatoms. The molecule has 0 aliphatic rings. The van der Waals surface area contributed by atoms with Crippen LogP contribution in [0.25, 0.3) is 0 Å². The molecule has 0 radical (unpaired) electrons. The van der Waals surface area contributed by atoms with Crippen molar-refractivity contribution in [2.75, 3.05) is 12.8 Å². The molecule has 0 atom stereocenters. The summed E-state index contributed by atoms with van der Waals surface area (Å²) in [5.74, 6) is 0.811. The van der Waals surface area contributed by atoms with E-state index < -0.39 is 0 Å². The van der Waals surface area contributed by atoms with Gasteiger partial charge in [0.05, 0.1) is 7.11 Å². The van der Waals surface area contributed by atoms with Gasteiger partial charge in [-0.2, -0.15) is 0 Å². The third-order valence-electron chi connectivity index (χ3n) is 3.09. The van der Waals surface area contributed by atoms with Crippen molar-refractivity contribution in [3.8, 4) is 5.75 Å². The number of methoxy groups -OCH3 is 1. The van der Waals surface area contributed by atoms with E-state index in [1.165, 1.54) is 0 Å². The standard InChI is InChI=1S/C16H17NO2/c1-11-9-13(17)7-8-14(11)15(18)10-12-5-3-4-6-16(12)19-2/h3-9H,10,17H2,1-2H3. The molecule has 2 aromatic rings. The molecule has 0 fully saturated rings. The number of aryl methyl sites for hydroxylation is 1. The van der Waals surface area contributed by atoms with Crippen LogP contribution in [0.5, 0.6) is 5.75 Å². The summed E-state index contributed by atoms with van der Waals surface area (Å²) in [4.78, 5) is 12.3. The predicted molar refractivity (Wildman–Crippen MR) is 76.6 cm³/mol. The summed E-state index contributed by atoms with van der Waals surface area (Å²) >= 11 is 0. The van der Waals surface area contributed by atoms with E-state index in [4.69, 9.17) is 10.5 Å². The second kappa shape index (κ2) is 5.57. The molecule has 2 aromatic carbocycles. The van der Waals surface area contributed by atoms with Crippen molar-refractivity contribution in [2.45, 2.75) is 13.3 Å². The van der Waals surface area contributed by atoms with Gasteiger partial charge in [0.15, 0.2) is 5.78 Å². The number of hydrogen-bond acceptors (Lipinski definition) is 3. The number of benzene rings is 2. The van der Waals surface area contributed by atoms with Crippen molar-refractivity contribution in [3.05, 3.63) is 59.2 Å². The van der Waals surface area contributed by atoms with Crippen molar-refractivity contribution in [2.24, 2.45) is 0 Å². The molecule has 0 bridgehead atoms. The van der Waals surface area contributed by atoms with Crippen molar-refractivity contribution < 1.29 is 9.53 Å². The molecule has 0 amide bonds. The van der Waals surface area contributed by atoms with Gasteiger partial charge in [0, 0.05) is 23.2 Å². The zero-order chi connectivity index (χ0) is 13.8. The van der Waals surface area contributed by atoms with Gasteiger partial charge in [-0.1, -0.05) is 18.2 Å². The zero-order valence-corrected chi connectivity index (χ0v) is 11.1. The number of hydrogen-bond donors (Lipinski definition) is 1. The van der Waals surface area contributed by atoms with Crippen LogP contribution >= 0.6 is 0 Å². The zero-order valence-electron chi connectivity index (χ0n) is 11.1. The number of ether oxygens (including phenoxy) is 1. The van der Waals surface area contributed by atoms with Crippen LogP contribution in [-0.2, 0) is 6.42 Å². The van der Waals surface area contributed by atoms with E-state index in [0.29, 0.717) is 17.7 Å². The number of anilines is 1. The van der Waals surface area contributed by atoms with E-state index in [2.05, 4.69) is 0 Å². The van der Waals surface area contributed by atoms with E-state index in [0.717, 1.165) is 16.9 Å². The van der Waals surface area contributed by atoms with E-state index in [9.17, 15) is 4.79 Å². The Morgan fingerprint density at radius 2 is 1.95 bits per heavy atom. The van der Waals surface area contributed by atoms with Crippen molar-refractivity contribution in [3.63, 3.8) is 0 Å². The fourth-order valence-corrected chi connectivity index (χ4v) is 2.12. The Kier molecular flexibility index (Phi) is 3.85. The summed E-state index contributed by atoms with van der Waals surface area (Å²) in [6.07, 6.45) is 0.328. The maximum atomic E-state index is 12.3.